The SMILES string of the molecule is CCN(CC)CCC(=O)C1=CCCCCC1. The first kappa shape index (κ1) is 13.4. The van der Waals surface area contributed by atoms with Gasteiger partial charge in [-0.2, -0.15) is 0 Å². The third-order valence-electron chi connectivity index (χ3n) is 3.45. The Balaban J connectivity index is 2.36. The molecule has 0 unspecified atom stereocenters. The Bertz CT molecular complexity index is 241. The van der Waals surface area contributed by atoms with Crippen LogP contribution in [0.4, 0.5) is 0 Å². The zero-order valence-corrected chi connectivity index (χ0v) is 10.8. The first-order valence-electron chi connectivity index (χ1n) is 6.72. The Kier molecular flexibility index (Phi) is 6.39. The van der Waals surface area contributed by atoms with Crippen molar-refractivity contribution in [3.63, 3.8) is 0 Å². The summed E-state index contributed by atoms with van der Waals surface area (Å²) in [7, 11) is 0. The highest BCUT2D eigenvalue weighted by molar-refractivity contribution is 5.95. The summed E-state index contributed by atoms with van der Waals surface area (Å²) < 4.78 is 0. The predicted molar refractivity (Wildman–Crippen MR) is 68.6 cm³/mol. The molecule has 1 aliphatic rings. The Morgan fingerprint density at radius 3 is 2.69 bits per heavy atom. The third kappa shape index (κ3) is 4.48. The predicted octanol–water partition coefficient (Wildman–Crippen LogP) is 3.18. The lowest BCUT2D eigenvalue weighted by Gasteiger charge is -2.17. The number of ketones is 1. The van der Waals surface area contributed by atoms with E-state index in [1.165, 1.54) is 19.3 Å². The van der Waals surface area contributed by atoms with Gasteiger partial charge in [-0.25, -0.2) is 0 Å². The monoisotopic (exact) mass is 223 g/mol. The average Bonchev–Trinajstić information content (AvgIpc) is 2.58. The third-order valence-corrected chi connectivity index (χ3v) is 3.45. The van der Waals surface area contributed by atoms with Gasteiger partial charge in [0.05, 0.1) is 0 Å². The van der Waals surface area contributed by atoms with Crippen molar-refractivity contribution in [2.24, 2.45) is 0 Å². The van der Waals surface area contributed by atoms with Crippen LogP contribution in [0.25, 0.3) is 0 Å². The van der Waals surface area contributed by atoms with Gasteiger partial charge in [0.1, 0.15) is 0 Å². The molecule has 16 heavy (non-hydrogen) atoms. The van der Waals surface area contributed by atoms with Crippen molar-refractivity contribution < 1.29 is 4.79 Å². The summed E-state index contributed by atoms with van der Waals surface area (Å²) in [6.45, 7) is 7.31. The molecule has 0 N–H and O–H groups in total. The minimum Gasteiger partial charge on any atom is -0.303 e. The zero-order chi connectivity index (χ0) is 11.8. The number of hydrogen-bond donors (Lipinski definition) is 0. The van der Waals surface area contributed by atoms with E-state index in [0.717, 1.165) is 38.0 Å². The Hall–Kier alpha value is -0.630. The van der Waals surface area contributed by atoms with Gasteiger partial charge in [-0.3, -0.25) is 4.79 Å². The molecular formula is C14H25NO. The second-order valence-corrected chi connectivity index (χ2v) is 4.53. The Morgan fingerprint density at radius 2 is 2.00 bits per heavy atom. The van der Waals surface area contributed by atoms with Crippen LogP contribution in [0, 0.1) is 0 Å². The minimum absolute atomic E-state index is 0.383. The van der Waals surface area contributed by atoms with Crippen molar-refractivity contribution in [1.29, 1.82) is 0 Å². The summed E-state index contributed by atoms with van der Waals surface area (Å²) in [6, 6.07) is 0. The van der Waals surface area contributed by atoms with Gasteiger partial charge in [0.25, 0.3) is 0 Å². The van der Waals surface area contributed by atoms with Gasteiger partial charge in [0.15, 0.2) is 5.78 Å². The molecule has 0 heterocycles. The fraction of sp³-hybridized carbons (Fsp3) is 0.786. The molecule has 1 rings (SSSR count). The summed E-state index contributed by atoms with van der Waals surface area (Å²) in [5, 5.41) is 0. The topological polar surface area (TPSA) is 20.3 Å². The average molecular weight is 223 g/mol. The normalized spacial score (nSPS) is 17.1. The number of carbonyl (C=O) groups is 1. The van der Waals surface area contributed by atoms with E-state index in [-0.39, 0.29) is 0 Å². The van der Waals surface area contributed by atoms with Crippen molar-refractivity contribution in [3.8, 4) is 0 Å². The minimum atomic E-state index is 0.383. The summed E-state index contributed by atoms with van der Waals surface area (Å²) in [6.07, 6.45) is 8.73. The van der Waals surface area contributed by atoms with Crippen LogP contribution in [0.1, 0.15) is 52.4 Å². The molecule has 0 aromatic rings. The lowest BCUT2D eigenvalue weighted by Crippen LogP contribution is -2.26. The van der Waals surface area contributed by atoms with Gasteiger partial charge in [-0.15, -0.1) is 0 Å². The van der Waals surface area contributed by atoms with E-state index >= 15 is 0 Å². The van der Waals surface area contributed by atoms with Crippen molar-refractivity contribution in [2.45, 2.75) is 52.4 Å². The maximum Gasteiger partial charge on any atom is 0.159 e. The van der Waals surface area contributed by atoms with E-state index < -0.39 is 0 Å². The second kappa shape index (κ2) is 7.61. The maximum absolute atomic E-state index is 12.0. The van der Waals surface area contributed by atoms with Crippen molar-refractivity contribution in [1.82, 2.24) is 4.90 Å². The van der Waals surface area contributed by atoms with Crippen molar-refractivity contribution in [3.05, 3.63) is 11.6 Å². The van der Waals surface area contributed by atoms with E-state index in [0.29, 0.717) is 12.2 Å². The highest BCUT2D eigenvalue weighted by Crippen LogP contribution is 2.18. The number of hydrogen-bond acceptors (Lipinski definition) is 2. The van der Waals surface area contributed by atoms with Crippen LogP contribution in [0.5, 0.6) is 0 Å². The molecule has 0 aliphatic heterocycles. The number of nitrogens with zero attached hydrogens (tertiary/aromatic N) is 1. The number of rotatable bonds is 6. The molecule has 0 spiro atoms. The van der Waals surface area contributed by atoms with E-state index in [2.05, 4.69) is 24.8 Å². The van der Waals surface area contributed by atoms with Crippen LogP contribution in [-0.2, 0) is 4.79 Å². The molecule has 2 heteroatoms. The van der Waals surface area contributed by atoms with Crippen LogP contribution in [0.2, 0.25) is 0 Å². The summed E-state index contributed by atoms with van der Waals surface area (Å²) in [5.41, 5.74) is 1.10. The quantitative estimate of drug-likeness (QED) is 0.689. The zero-order valence-electron chi connectivity index (χ0n) is 10.8. The molecule has 0 fully saturated rings. The molecule has 0 radical (unpaired) electrons. The standard InChI is InChI=1S/C14H25NO/c1-3-15(4-2)12-11-14(16)13-9-7-5-6-8-10-13/h9H,3-8,10-12H2,1-2H3. The molecule has 0 saturated carbocycles. The number of allylic oxidation sites excluding steroid dienone is 2. The molecule has 0 atom stereocenters. The van der Waals surface area contributed by atoms with Crippen LogP contribution < -0.4 is 0 Å². The highest BCUT2D eigenvalue weighted by atomic mass is 16.1. The van der Waals surface area contributed by atoms with Gasteiger partial charge in [0, 0.05) is 13.0 Å². The Morgan fingerprint density at radius 1 is 1.25 bits per heavy atom. The van der Waals surface area contributed by atoms with E-state index in [1.54, 1.807) is 0 Å². The smallest absolute Gasteiger partial charge is 0.159 e. The van der Waals surface area contributed by atoms with E-state index in [4.69, 9.17) is 0 Å². The maximum atomic E-state index is 12.0. The van der Waals surface area contributed by atoms with Gasteiger partial charge in [-0.05, 0) is 44.3 Å². The van der Waals surface area contributed by atoms with Crippen LogP contribution in [0.15, 0.2) is 11.6 Å². The van der Waals surface area contributed by atoms with Crippen LogP contribution in [0.3, 0.4) is 0 Å². The van der Waals surface area contributed by atoms with Gasteiger partial charge >= 0.3 is 0 Å². The first-order valence-corrected chi connectivity index (χ1v) is 6.72. The van der Waals surface area contributed by atoms with Crippen molar-refractivity contribution in [2.75, 3.05) is 19.6 Å². The van der Waals surface area contributed by atoms with Gasteiger partial charge < -0.3 is 4.90 Å². The van der Waals surface area contributed by atoms with Gasteiger partial charge in [-0.1, -0.05) is 26.3 Å². The molecular weight excluding hydrogens is 198 g/mol. The summed E-state index contributed by atoms with van der Waals surface area (Å²) >= 11 is 0. The molecule has 0 aromatic carbocycles. The molecule has 0 amide bonds. The lowest BCUT2D eigenvalue weighted by atomic mass is 10.0. The van der Waals surface area contributed by atoms with E-state index in [1.807, 2.05) is 0 Å². The molecule has 1 aliphatic carbocycles. The molecule has 0 aromatic heterocycles. The number of carbonyl (C=O) groups excluding carboxylic acids is 1. The van der Waals surface area contributed by atoms with Crippen LogP contribution >= 0.6 is 0 Å². The fourth-order valence-electron chi connectivity index (χ4n) is 2.23. The molecule has 0 bridgehead atoms. The fourth-order valence-corrected chi connectivity index (χ4v) is 2.23. The molecule has 0 saturated heterocycles. The summed E-state index contributed by atoms with van der Waals surface area (Å²) in [5.74, 6) is 0.383. The van der Waals surface area contributed by atoms with Gasteiger partial charge in [0.2, 0.25) is 0 Å². The second-order valence-electron chi connectivity index (χ2n) is 4.53. The molecule has 2 nitrogen and oxygen atoms in total. The van der Waals surface area contributed by atoms with Crippen molar-refractivity contribution >= 4 is 5.78 Å². The first-order chi connectivity index (χ1) is 7.77. The van der Waals surface area contributed by atoms with E-state index in [9.17, 15) is 4.79 Å². The lowest BCUT2D eigenvalue weighted by molar-refractivity contribution is -0.116. The Labute approximate surface area is 99.7 Å². The number of Topliss-reactive ketones (excluding diaryl/α,β-unsaturated/α-hetero) is 1. The largest absolute Gasteiger partial charge is 0.303 e. The molecule has 92 valence electrons. The highest BCUT2D eigenvalue weighted by Gasteiger charge is 2.12. The summed E-state index contributed by atoms with van der Waals surface area (Å²) in [4.78, 5) is 14.3. The van der Waals surface area contributed by atoms with Crippen LogP contribution in [-0.4, -0.2) is 30.3 Å².